The summed E-state index contributed by atoms with van der Waals surface area (Å²) in [5, 5.41) is 13.8. The zero-order valence-corrected chi connectivity index (χ0v) is 19.1. The van der Waals surface area contributed by atoms with E-state index >= 15 is 0 Å². The number of anilines is 1. The van der Waals surface area contributed by atoms with Crippen LogP contribution < -0.4 is 10.1 Å². The summed E-state index contributed by atoms with van der Waals surface area (Å²) >= 11 is 2.53. The first kappa shape index (κ1) is 22.8. The van der Waals surface area contributed by atoms with Crippen LogP contribution >= 0.6 is 23.1 Å². The number of thiazole rings is 1. The number of benzene rings is 1. The first-order valence-electron chi connectivity index (χ1n) is 9.55. The van der Waals surface area contributed by atoms with Crippen molar-refractivity contribution >= 4 is 40.1 Å². The van der Waals surface area contributed by atoms with Crippen LogP contribution in [0.25, 0.3) is 0 Å². The molecule has 9 nitrogen and oxygen atoms in total. The number of hydrogen-bond acceptors (Lipinski definition) is 9. The fourth-order valence-corrected chi connectivity index (χ4v) is 3.93. The number of carbonyl (C=O) groups excluding carboxylic acids is 2. The van der Waals surface area contributed by atoms with Gasteiger partial charge >= 0.3 is 5.97 Å². The van der Waals surface area contributed by atoms with E-state index in [1.807, 2.05) is 38.2 Å². The summed E-state index contributed by atoms with van der Waals surface area (Å²) in [5.74, 6) is 1.01. The minimum absolute atomic E-state index is 0.0847. The Labute approximate surface area is 188 Å². The molecule has 0 saturated heterocycles. The fraction of sp³-hybridized carbons (Fsp3) is 0.350. The van der Waals surface area contributed by atoms with E-state index in [1.54, 1.807) is 16.9 Å². The van der Waals surface area contributed by atoms with Crippen LogP contribution in [0.2, 0.25) is 0 Å². The number of esters is 1. The number of aryl methyl sites for hydroxylation is 1. The van der Waals surface area contributed by atoms with Crippen molar-refractivity contribution in [2.75, 3.05) is 17.7 Å². The summed E-state index contributed by atoms with van der Waals surface area (Å²) in [4.78, 5) is 28.0. The Bertz CT molecular complexity index is 1030. The lowest BCUT2D eigenvalue weighted by Crippen LogP contribution is -2.15. The summed E-state index contributed by atoms with van der Waals surface area (Å²) in [5.41, 5.74) is 1.73. The molecule has 0 aliphatic heterocycles. The van der Waals surface area contributed by atoms with E-state index < -0.39 is 0 Å². The van der Waals surface area contributed by atoms with Gasteiger partial charge in [-0.25, -0.2) is 4.98 Å². The zero-order chi connectivity index (χ0) is 22.2. The maximum Gasteiger partial charge on any atom is 0.311 e. The van der Waals surface area contributed by atoms with Gasteiger partial charge in [0.1, 0.15) is 12.4 Å². The van der Waals surface area contributed by atoms with Crippen LogP contribution in [-0.4, -0.2) is 44.0 Å². The van der Waals surface area contributed by atoms with Gasteiger partial charge in [0.2, 0.25) is 5.91 Å². The van der Waals surface area contributed by atoms with Gasteiger partial charge in [-0.3, -0.25) is 9.59 Å². The molecule has 1 amide bonds. The van der Waals surface area contributed by atoms with E-state index in [-0.39, 0.29) is 30.7 Å². The number of ether oxygens (including phenoxy) is 2. The van der Waals surface area contributed by atoms with Crippen molar-refractivity contribution in [3.8, 4) is 5.75 Å². The van der Waals surface area contributed by atoms with Gasteiger partial charge < -0.3 is 19.4 Å². The predicted molar refractivity (Wildman–Crippen MR) is 118 cm³/mol. The van der Waals surface area contributed by atoms with Crippen LogP contribution in [0.5, 0.6) is 5.75 Å². The van der Waals surface area contributed by atoms with Crippen LogP contribution in [0, 0.1) is 6.92 Å². The highest BCUT2D eigenvalue weighted by molar-refractivity contribution is 7.99. The lowest BCUT2D eigenvalue weighted by molar-refractivity contribution is -0.142. The summed E-state index contributed by atoms with van der Waals surface area (Å²) in [6, 6.07) is 7.77. The first-order chi connectivity index (χ1) is 14.9. The molecule has 0 spiro atoms. The molecular weight excluding hydrogens is 438 g/mol. The van der Waals surface area contributed by atoms with Gasteiger partial charge in [-0.15, -0.1) is 21.5 Å². The average Bonchev–Trinajstić information content (AvgIpc) is 3.32. The minimum Gasteiger partial charge on any atom is -0.486 e. The van der Waals surface area contributed by atoms with E-state index in [0.29, 0.717) is 28.4 Å². The number of rotatable bonds is 10. The van der Waals surface area contributed by atoms with Gasteiger partial charge in [-0.05, 0) is 26.0 Å². The molecular formula is C20H23N5O4S2. The Morgan fingerprint density at radius 3 is 2.74 bits per heavy atom. The SMILES string of the molecule is CCOC(=O)Cc1csc(NC(=O)CSc2nnc(COc3ccc(C)cc3)n2C)n1. The molecule has 3 aromatic rings. The van der Waals surface area contributed by atoms with Gasteiger partial charge in [-0.2, -0.15) is 0 Å². The highest BCUT2D eigenvalue weighted by Gasteiger charge is 2.14. The van der Waals surface area contributed by atoms with E-state index in [9.17, 15) is 9.59 Å². The highest BCUT2D eigenvalue weighted by Crippen LogP contribution is 2.20. The monoisotopic (exact) mass is 461 g/mol. The molecule has 1 aromatic carbocycles. The van der Waals surface area contributed by atoms with Crippen molar-refractivity contribution in [3.05, 3.63) is 46.7 Å². The van der Waals surface area contributed by atoms with Crippen molar-refractivity contribution in [2.24, 2.45) is 7.05 Å². The quantitative estimate of drug-likeness (QED) is 0.363. The lowest BCUT2D eigenvalue weighted by Gasteiger charge is -2.07. The molecule has 3 rings (SSSR count). The molecule has 0 bridgehead atoms. The molecule has 0 radical (unpaired) electrons. The molecule has 0 fully saturated rings. The van der Waals surface area contributed by atoms with Crippen LogP contribution in [-0.2, 0) is 34.4 Å². The molecule has 0 aliphatic carbocycles. The maximum absolute atomic E-state index is 12.2. The maximum atomic E-state index is 12.2. The van der Waals surface area contributed by atoms with E-state index in [1.165, 1.54) is 23.1 Å². The second-order valence-electron chi connectivity index (χ2n) is 6.52. The molecule has 0 atom stereocenters. The van der Waals surface area contributed by atoms with Crippen molar-refractivity contribution in [1.82, 2.24) is 19.7 Å². The van der Waals surface area contributed by atoms with E-state index in [2.05, 4.69) is 20.5 Å². The Morgan fingerprint density at radius 2 is 2.00 bits per heavy atom. The number of aromatic nitrogens is 4. The van der Waals surface area contributed by atoms with Gasteiger partial charge in [0.25, 0.3) is 0 Å². The third-order valence-corrected chi connectivity index (χ3v) is 5.90. The second-order valence-corrected chi connectivity index (χ2v) is 8.32. The largest absolute Gasteiger partial charge is 0.486 e. The topological polar surface area (TPSA) is 108 Å². The lowest BCUT2D eigenvalue weighted by atomic mass is 10.2. The Kier molecular flexibility index (Phi) is 8.01. The molecule has 0 unspecified atom stereocenters. The highest BCUT2D eigenvalue weighted by atomic mass is 32.2. The molecule has 2 aromatic heterocycles. The summed E-state index contributed by atoms with van der Waals surface area (Å²) in [7, 11) is 1.83. The first-order valence-corrected chi connectivity index (χ1v) is 11.4. The number of hydrogen-bond donors (Lipinski definition) is 1. The number of nitrogens with zero attached hydrogens (tertiary/aromatic N) is 4. The second kappa shape index (κ2) is 10.9. The van der Waals surface area contributed by atoms with Gasteiger partial charge in [0.15, 0.2) is 16.1 Å². The van der Waals surface area contributed by atoms with Crippen molar-refractivity contribution in [2.45, 2.75) is 32.0 Å². The molecule has 31 heavy (non-hydrogen) atoms. The summed E-state index contributed by atoms with van der Waals surface area (Å²) in [6.07, 6.45) is 0.0847. The predicted octanol–water partition coefficient (Wildman–Crippen LogP) is 3.00. The van der Waals surface area contributed by atoms with Crippen LogP contribution in [0.15, 0.2) is 34.8 Å². The van der Waals surface area contributed by atoms with Crippen molar-refractivity contribution < 1.29 is 19.1 Å². The van der Waals surface area contributed by atoms with Gasteiger partial charge in [-0.1, -0.05) is 29.5 Å². The zero-order valence-electron chi connectivity index (χ0n) is 17.5. The average molecular weight is 462 g/mol. The smallest absolute Gasteiger partial charge is 0.311 e. The number of nitrogens with one attached hydrogen (secondary N) is 1. The normalized spacial score (nSPS) is 10.7. The number of amides is 1. The molecule has 0 aliphatic rings. The van der Waals surface area contributed by atoms with Crippen molar-refractivity contribution in [3.63, 3.8) is 0 Å². The molecule has 164 valence electrons. The standard InChI is InChI=1S/C20H23N5O4S2/c1-4-28-18(27)9-14-11-30-19(21-14)22-17(26)12-31-20-24-23-16(25(20)3)10-29-15-7-5-13(2)6-8-15/h5-8,11H,4,9-10,12H2,1-3H3,(H,21,22,26). The molecule has 11 heteroatoms. The van der Waals surface area contributed by atoms with E-state index in [0.717, 1.165) is 11.3 Å². The Balaban J connectivity index is 1.46. The van der Waals surface area contributed by atoms with Gasteiger partial charge in [0.05, 0.1) is 24.5 Å². The van der Waals surface area contributed by atoms with E-state index in [4.69, 9.17) is 9.47 Å². The molecule has 2 heterocycles. The summed E-state index contributed by atoms with van der Waals surface area (Å²) in [6.45, 7) is 4.37. The third-order valence-electron chi connectivity index (χ3n) is 4.08. The Hall–Kier alpha value is -2.92. The van der Waals surface area contributed by atoms with Crippen LogP contribution in [0.4, 0.5) is 5.13 Å². The van der Waals surface area contributed by atoms with Crippen molar-refractivity contribution in [1.29, 1.82) is 0 Å². The third kappa shape index (κ3) is 6.79. The molecule has 1 N–H and O–H groups in total. The van der Waals surface area contributed by atoms with Crippen LogP contribution in [0.3, 0.4) is 0 Å². The number of carbonyl (C=O) groups is 2. The summed E-state index contributed by atoms with van der Waals surface area (Å²) < 4.78 is 12.4. The van der Waals surface area contributed by atoms with Gasteiger partial charge in [0, 0.05) is 12.4 Å². The minimum atomic E-state index is -0.342. The number of thioether (sulfide) groups is 1. The Morgan fingerprint density at radius 1 is 1.23 bits per heavy atom. The van der Waals surface area contributed by atoms with Crippen LogP contribution in [0.1, 0.15) is 24.0 Å². The fourth-order valence-electron chi connectivity index (χ4n) is 2.47. The molecule has 0 saturated carbocycles.